The molecule has 0 aliphatic carbocycles. The smallest absolute Gasteiger partial charge is 0.163 e. The van der Waals surface area contributed by atoms with E-state index in [0.29, 0.717) is 16.6 Å². The maximum atomic E-state index is 6.19. The van der Waals surface area contributed by atoms with Crippen LogP contribution in [0, 0.1) is 0 Å². The number of nitrogens with zero attached hydrogens (tertiary/aromatic N) is 2. The SMILES string of the molecule is CCc1cc2c(Nc3cc(Cl)ccc3OC)nc(-c3ccccc3)nc2s1. The molecule has 136 valence electrons. The molecule has 2 aromatic carbocycles. The number of nitrogens with one attached hydrogen (secondary N) is 1. The Balaban J connectivity index is 1.88. The summed E-state index contributed by atoms with van der Waals surface area (Å²) in [6.07, 6.45) is 0.960. The van der Waals surface area contributed by atoms with Gasteiger partial charge in [-0.05, 0) is 30.7 Å². The molecule has 0 radical (unpaired) electrons. The van der Waals surface area contributed by atoms with Crippen LogP contribution in [0.5, 0.6) is 5.75 Å². The maximum absolute atomic E-state index is 6.19. The van der Waals surface area contributed by atoms with Crippen molar-refractivity contribution in [1.29, 1.82) is 0 Å². The van der Waals surface area contributed by atoms with Gasteiger partial charge in [0.15, 0.2) is 5.82 Å². The monoisotopic (exact) mass is 395 g/mol. The Bertz CT molecular complexity index is 1100. The minimum atomic E-state index is 0.631. The Kier molecular flexibility index (Phi) is 4.97. The third-order valence-electron chi connectivity index (χ3n) is 4.24. The van der Waals surface area contributed by atoms with Crippen molar-refractivity contribution in [3.8, 4) is 17.1 Å². The van der Waals surface area contributed by atoms with Crippen molar-refractivity contribution in [1.82, 2.24) is 9.97 Å². The highest BCUT2D eigenvalue weighted by Gasteiger charge is 2.14. The molecule has 0 aliphatic heterocycles. The van der Waals surface area contributed by atoms with Crippen LogP contribution in [0.25, 0.3) is 21.6 Å². The fraction of sp³-hybridized carbons (Fsp3) is 0.143. The van der Waals surface area contributed by atoms with Gasteiger partial charge in [-0.25, -0.2) is 9.97 Å². The quantitative estimate of drug-likeness (QED) is 0.429. The van der Waals surface area contributed by atoms with E-state index >= 15 is 0 Å². The van der Waals surface area contributed by atoms with Gasteiger partial charge >= 0.3 is 0 Å². The molecule has 0 aliphatic rings. The number of hydrogen-bond donors (Lipinski definition) is 1. The van der Waals surface area contributed by atoms with Crippen LogP contribution in [0.4, 0.5) is 11.5 Å². The number of anilines is 2. The minimum Gasteiger partial charge on any atom is -0.495 e. The number of aryl methyl sites for hydroxylation is 1. The molecule has 0 saturated carbocycles. The highest BCUT2D eigenvalue weighted by atomic mass is 35.5. The van der Waals surface area contributed by atoms with E-state index in [2.05, 4.69) is 18.3 Å². The second kappa shape index (κ2) is 7.55. The van der Waals surface area contributed by atoms with Crippen molar-refractivity contribution < 1.29 is 4.74 Å². The zero-order chi connectivity index (χ0) is 18.8. The van der Waals surface area contributed by atoms with Gasteiger partial charge < -0.3 is 10.1 Å². The highest BCUT2D eigenvalue weighted by Crippen LogP contribution is 2.36. The fourth-order valence-corrected chi connectivity index (χ4v) is 4.00. The van der Waals surface area contributed by atoms with Gasteiger partial charge in [0.1, 0.15) is 16.4 Å². The lowest BCUT2D eigenvalue weighted by atomic mass is 10.2. The van der Waals surface area contributed by atoms with Crippen LogP contribution < -0.4 is 10.1 Å². The molecule has 0 bridgehead atoms. The van der Waals surface area contributed by atoms with E-state index in [1.54, 1.807) is 24.5 Å². The van der Waals surface area contributed by atoms with Crippen molar-refractivity contribution in [2.75, 3.05) is 12.4 Å². The molecular formula is C21H18ClN3OS. The van der Waals surface area contributed by atoms with Gasteiger partial charge in [0.05, 0.1) is 18.2 Å². The van der Waals surface area contributed by atoms with E-state index < -0.39 is 0 Å². The van der Waals surface area contributed by atoms with Crippen molar-refractivity contribution in [3.05, 3.63) is 64.5 Å². The third-order valence-corrected chi connectivity index (χ3v) is 5.65. The maximum Gasteiger partial charge on any atom is 0.163 e. The first kappa shape index (κ1) is 17.8. The van der Waals surface area contributed by atoms with Crippen molar-refractivity contribution >= 4 is 44.7 Å². The lowest BCUT2D eigenvalue weighted by molar-refractivity contribution is 0.417. The van der Waals surface area contributed by atoms with E-state index in [4.69, 9.17) is 26.3 Å². The van der Waals surface area contributed by atoms with Gasteiger partial charge in [-0.3, -0.25) is 0 Å². The molecule has 0 spiro atoms. The first-order chi connectivity index (χ1) is 13.2. The second-order valence-electron chi connectivity index (χ2n) is 6.02. The molecule has 1 N–H and O–H groups in total. The average molecular weight is 396 g/mol. The number of hydrogen-bond acceptors (Lipinski definition) is 5. The Morgan fingerprint density at radius 1 is 1.07 bits per heavy atom. The van der Waals surface area contributed by atoms with Crippen LogP contribution in [-0.2, 0) is 6.42 Å². The topological polar surface area (TPSA) is 47.0 Å². The molecule has 2 aromatic heterocycles. The molecule has 4 rings (SSSR count). The van der Waals surface area contributed by atoms with Gasteiger partial charge in [0.2, 0.25) is 0 Å². The number of halogens is 1. The molecule has 4 aromatic rings. The molecule has 0 unspecified atom stereocenters. The standard InChI is InChI=1S/C21H18ClN3OS/c1-3-15-12-16-20(23-17-11-14(22)9-10-18(17)26-2)24-19(25-21(16)27-15)13-7-5-4-6-8-13/h4-12H,3H2,1-2H3,(H,23,24,25). The Morgan fingerprint density at radius 3 is 2.63 bits per heavy atom. The van der Waals surface area contributed by atoms with Gasteiger partial charge in [-0.1, -0.05) is 48.9 Å². The van der Waals surface area contributed by atoms with Crippen molar-refractivity contribution in [2.24, 2.45) is 0 Å². The van der Waals surface area contributed by atoms with Crippen LogP contribution >= 0.6 is 22.9 Å². The highest BCUT2D eigenvalue weighted by molar-refractivity contribution is 7.18. The molecule has 2 heterocycles. The predicted octanol–water partition coefficient (Wildman–Crippen LogP) is 6.33. The van der Waals surface area contributed by atoms with E-state index in [0.717, 1.165) is 33.7 Å². The van der Waals surface area contributed by atoms with Gasteiger partial charge in [-0.2, -0.15) is 0 Å². The number of rotatable bonds is 5. The first-order valence-corrected chi connectivity index (χ1v) is 9.84. The Hall–Kier alpha value is -2.63. The number of benzene rings is 2. The number of aromatic nitrogens is 2. The summed E-state index contributed by atoms with van der Waals surface area (Å²) in [5.41, 5.74) is 1.75. The van der Waals surface area contributed by atoms with Crippen LogP contribution in [0.1, 0.15) is 11.8 Å². The Morgan fingerprint density at radius 2 is 1.89 bits per heavy atom. The van der Waals surface area contributed by atoms with Crippen LogP contribution in [-0.4, -0.2) is 17.1 Å². The average Bonchev–Trinajstić information content (AvgIpc) is 3.12. The number of methoxy groups -OCH3 is 1. The van der Waals surface area contributed by atoms with Gasteiger partial charge in [0, 0.05) is 15.5 Å². The molecule has 0 fully saturated rings. The zero-order valence-electron chi connectivity index (χ0n) is 15.0. The molecule has 0 amide bonds. The van der Waals surface area contributed by atoms with Crippen LogP contribution in [0.3, 0.4) is 0 Å². The summed E-state index contributed by atoms with van der Waals surface area (Å²) in [6, 6.07) is 17.6. The van der Waals surface area contributed by atoms with E-state index in [1.807, 2.05) is 42.5 Å². The summed E-state index contributed by atoms with van der Waals surface area (Å²) < 4.78 is 5.46. The zero-order valence-corrected chi connectivity index (χ0v) is 16.6. The van der Waals surface area contributed by atoms with Crippen molar-refractivity contribution in [3.63, 3.8) is 0 Å². The minimum absolute atomic E-state index is 0.631. The molecule has 4 nitrogen and oxygen atoms in total. The summed E-state index contributed by atoms with van der Waals surface area (Å²) >= 11 is 7.88. The lowest BCUT2D eigenvalue weighted by Gasteiger charge is -2.12. The molecule has 6 heteroatoms. The van der Waals surface area contributed by atoms with Gasteiger partial charge in [-0.15, -0.1) is 11.3 Å². The summed E-state index contributed by atoms with van der Waals surface area (Å²) in [7, 11) is 1.64. The molecule has 0 atom stereocenters. The number of ether oxygens (including phenoxy) is 1. The van der Waals surface area contributed by atoms with Crippen LogP contribution in [0.15, 0.2) is 54.6 Å². The fourth-order valence-electron chi connectivity index (χ4n) is 2.86. The van der Waals surface area contributed by atoms with Crippen molar-refractivity contribution in [2.45, 2.75) is 13.3 Å². The molecule has 0 saturated heterocycles. The largest absolute Gasteiger partial charge is 0.495 e. The second-order valence-corrected chi connectivity index (χ2v) is 7.57. The molecule has 27 heavy (non-hydrogen) atoms. The van der Waals surface area contributed by atoms with Crippen LogP contribution in [0.2, 0.25) is 5.02 Å². The summed E-state index contributed by atoms with van der Waals surface area (Å²) in [4.78, 5) is 11.8. The van der Waals surface area contributed by atoms with E-state index in [-0.39, 0.29) is 0 Å². The number of fused-ring (bicyclic) bond motifs is 1. The van der Waals surface area contributed by atoms with Gasteiger partial charge in [0.25, 0.3) is 0 Å². The summed E-state index contributed by atoms with van der Waals surface area (Å²) in [5, 5.41) is 5.03. The summed E-state index contributed by atoms with van der Waals surface area (Å²) in [6.45, 7) is 2.14. The Labute approximate surface area is 166 Å². The normalized spacial score (nSPS) is 10.9. The third kappa shape index (κ3) is 3.61. The summed E-state index contributed by atoms with van der Waals surface area (Å²) in [5.74, 6) is 2.14. The first-order valence-electron chi connectivity index (χ1n) is 8.64. The van der Waals surface area contributed by atoms with E-state index in [1.165, 1.54) is 4.88 Å². The molecular weight excluding hydrogens is 378 g/mol. The predicted molar refractivity (Wildman–Crippen MR) is 114 cm³/mol. The number of thiophene rings is 1. The lowest BCUT2D eigenvalue weighted by Crippen LogP contribution is -2.00. The van der Waals surface area contributed by atoms with E-state index in [9.17, 15) is 0 Å².